The summed E-state index contributed by atoms with van der Waals surface area (Å²) in [6, 6.07) is 7.54. The second kappa shape index (κ2) is 4.11. The topological polar surface area (TPSA) is 33.2 Å². The van der Waals surface area contributed by atoms with E-state index in [9.17, 15) is 4.79 Å². The van der Waals surface area contributed by atoms with Gasteiger partial charge in [0.25, 0.3) is 5.91 Å². The molecule has 1 aromatic heterocycles. The third-order valence-corrected chi connectivity index (χ3v) is 3.77. The van der Waals surface area contributed by atoms with Crippen LogP contribution in [0.25, 0.3) is 10.9 Å². The fraction of sp³-hybridized carbons (Fsp3) is 0.231. The quantitative estimate of drug-likeness (QED) is 0.809. The van der Waals surface area contributed by atoms with Crippen molar-refractivity contribution >= 4 is 32.7 Å². The molecule has 1 aromatic carbocycles. The summed E-state index contributed by atoms with van der Waals surface area (Å²) >= 11 is 3.48. The SMILES string of the molecule is O=C(c1ccc2nccc(Br)c2c1)N1CCC1. The zero-order valence-corrected chi connectivity index (χ0v) is 10.8. The molecule has 1 aliphatic heterocycles. The number of benzene rings is 1. The smallest absolute Gasteiger partial charge is 0.253 e. The van der Waals surface area contributed by atoms with Gasteiger partial charge in [-0.2, -0.15) is 0 Å². The van der Waals surface area contributed by atoms with Crippen LogP contribution < -0.4 is 0 Å². The molecule has 2 heterocycles. The van der Waals surface area contributed by atoms with Gasteiger partial charge >= 0.3 is 0 Å². The summed E-state index contributed by atoms with van der Waals surface area (Å²) in [5.74, 6) is 0.119. The Morgan fingerprint density at radius 2 is 2.12 bits per heavy atom. The van der Waals surface area contributed by atoms with E-state index in [0.29, 0.717) is 0 Å². The van der Waals surface area contributed by atoms with E-state index in [0.717, 1.165) is 40.4 Å². The lowest BCUT2D eigenvalue weighted by Crippen LogP contribution is -2.41. The first-order chi connectivity index (χ1) is 8.25. The van der Waals surface area contributed by atoms with Gasteiger partial charge in [0.15, 0.2) is 0 Å². The van der Waals surface area contributed by atoms with Crippen LogP contribution in [-0.4, -0.2) is 28.9 Å². The van der Waals surface area contributed by atoms with Gasteiger partial charge < -0.3 is 4.90 Å². The Morgan fingerprint density at radius 3 is 2.82 bits per heavy atom. The molecule has 0 radical (unpaired) electrons. The number of rotatable bonds is 1. The van der Waals surface area contributed by atoms with E-state index in [1.807, 2.05) is 29.2 Å². The summed E-state index contributed by atoms with van der Waals surface area (Å²) in [4.78, 5) is 18.2. The van der Waals surface area contributed by atoms with Gasteiger partial charge in [-0.15, -0.1) is 0 Å². The van der Waals surface area contributed by atoms with Crippen molar-refractivity contribution in [3.63, 3.8) is 0 Å². The van der Waals surface area contributed by atoms with Gasteiger partial charge in [-0.25, -0.2) is 0 Å². The third-order valence-electron chi connectivity index (χ3n) is 3.08. The van der Waals surface area contributed by atoms with Crippen molar-refractivity contribution in [2.75, 3.05) is 13.1 Å². The summed E-state index contributed by atoms with van der Waals surface area (Å²) in [6.45, 7) is 1.76. The number of likely N-dealkylation sites (tertiary alicyclic amines) is 1. The Kier molecular flexibility index (Phi) is 2.59. The number of amides is 1. The molecule has 0 atom stereocenters. The van der Waals surface area contributed by atoms with Crippen LogP contribution in [0.15, 0.2) is 34.9 Å². The van der Waals surface area contributed by atoms with Crippen LogP contribution in [0.2, 0.25) is 0 Å². The number of hydrogen-bond acceptors (Lipinski definition) is 2. The molecule has 3 nitrogen and oxygen atoms in total. The van der Waals surface area contributed by atoms with Crippen LogP contribution in [-0.2, 0) is 0 Å². The second-order valence-electron chi connectivity index (χ2n) is 4.17. The van der Waals surface area contributed by atoms with Gasteiger partial charge in [0, 0.05) is 34.7 Å². The van der Waals surface area contributed by atoms with E-state index in [1.54, 1.807) is 6.20 Å². The van der Waals surface area contributed by atoms with Crippen molar-refractivity contribution in [1.29, 1.82) is 0 Å². The van der Waals surface area contributed by atoms with Gasteiger partial charge in [0.05, 0.1) is 5.52 Å². The Morgan fingerprint density at radius 1 is 1.29 bits per heavy atom. The summed E-state index contributed by atoms with van der Waals surface area (Å²) < 4.78 is 0.973. The normalized spacial score (nSPS) is 14.8. The van der Waals surface area contributed by atoms with Crippen molar-refractivity contribution in [1.82, 2.24) is 9.88 Å². The van der Waals surface area contributed by atoms with E-state index in [4.69, 9.17) is 0 Å². The number of hydrogen-bond donors (Lipinski definition) is 0. The van der Waals surface area contributed by atoms with Crippen molar-refractivity contribution in [2.24, 2.45) is 0 Å². The van der Waals surface area contributed by atoms with Crippen molar-refractivity contribution in [2.45, 2.75) is 6.42 Å². The summed E-state index contributed by atoms with van der Waals surface area (Å²) in [5, 5.41) is 0.985. The molecule has 4 heteroatoms. The van der Waals surface area contributed by atoms with E-state index < -0.39 is 0 Å². The van der Waals surface area contributed by atoms with Gasteiger partial charge in [0.1, 0.15) is 0 Å². The van der Waals surface area contributed by atoms with Crippen LogP contribution in [0.3, 0.4) is 0 Å². The van der Waals surface area contributed by atoms with Gasteiger partial charge in [-0.1, -0.05) is 15.9 Å². The predicted octanol–water partition coefficient (Wildman–Crippen LogP) is 2.84. The number of aromatic nitrogens is 1. The third kappa shape index (κ3) is 1.82. The molecule has 17 heavy (non-hydrogen) atoms. The van der Waals surface area contributed by atoms with Crippen molar-refractivity contribution in [3.8, 4) is 0 Å². The van der Waals surface area contributed by atoms with Crippen LogP contribution in [0.5, 0.6) is 0 Å². The highest BCUT2D eigenvalue weighted by molar-refractivity contribution is 9.10. The van der Waals surface area contributed by atoms with E-state index in [2.05, 4.69) is 20.9 Å². The zero-order valence-electron chi connectivity index (χ0n) is 9.19. The maximum absolute atomic E-state index is 12.1. The molecule has 0 bridgehead atoms. The van der Waals surface area contributed by atoms with Crippen molar-refractivity contribution < 1.29 is 4.79 Å². The predicted molar refractivity (Wildman–Crippen MR) is 70.0 cm³/mol. The van der Waals surface area contributed by atoms with Crippen LogP contribution in [0.1, 0.15) is 16.8 Å². The minimum Gasteiger partial charge on any atom is -0.339 e. The number of pyridine rings is 1. The zero-order chi connectivity index (χ0) is 11.8. The Balaban J connectivity index is 2.06. The van der Waals surface area contributed by atoms with Gasteiger partial charge in [0.2, 0.25) is 0 Å². The molecular weight excluding hydrogens is 280 g/mol. The van der Waals surface area contributed by atoms with Crippen LogP contribution >= 0.6 is 15.9 Å². The molecule has 1 aliphatic rings. The van der Waals surface area contributed by atoms with E-state index in [1.165, 1.54) is 0 Å². The summed E-state index contributed by atoms with van der Waals surface area (Å²) in [6.07, 6.45) is 2.87. The molecule has 0 saturated carbocycles. The highest BCUT2D eigenvalue weighted by Crippen LogP contribution is 2.24. The number of fused-ring (bicyclic) bond motifs is 1. The molecule has 2 aromatic rings. The Bertz CT molecular complexity index is 593. The Labute approximate surface area is 108 Å². The highest BCUT2D eigenvalue weighted by atomic mass is 79.9. The number of carbonyl (C=O) groups is 1. The van der Waals surface area contributed by atoms with Gasteiger partial charge in [-0.3, -0.25) is 9.78 Å². The first kappa shape index (κ1) is 10.7. The average Bonchev–Trinajstić information content (AvgIpc) is 2.27. The fourth-order valence-corrected chi connectivity index (χ4v) is 2.38. The summed E-state index contributed by atoms with van der Waals surface area (Å²) in [7, 11) is 0. The number of halogens is 1. The average molecular weight is 291 g/mol. The standard InChI is InChI=1S/C13H11BrN2O/c14-11-4-5-15-12-3-2-9(8-10(11)12)13(17)16-6-1-7-16/h2-5,8H,1,6-7H2. The molecule has 1 amide bonds. The van der Waals surface area contributed by atoms with Crippen molar-refractivity contribution in [3.05, 3.63) is 40.5 Å². The molecular formula is C13H11BrN2O. The van der Waals surface area contributed by atoms with Crippen LogP contribution in [0, 0.1) is 0 Å². The van der Waals surface area contributed by atoms with E-state index in [-0.39, 0.29) is 5.91 Å². The van der Waals surface area contributed by atoms with Gasteiger partial charge in [-0.05, 0) is 30.7 Å². The molecule has 0 unspecified atom stereocenters. The number of nitrogens with zero attached hydrogens (tertiary/aromatic N) is 2. The summed E-state index contributed by atoms with van der Waals surface area (Å²) in [5.41, 5.74) is 1.64. The molecule has 1 fully saturated rings. The molecule has 86 valence electrons. The minimum atomic E-state index is 0.119. The first-order valence-corrected chi connectivity index (χ1v) is 6.38. The second-order valence-corrected chi connectivity index (χ2v) is 5.02. The molecule has 0 N–H and O–H groups in total. The molecule has 0 aliphatic carbocycles. The first-order valence-electron chi connectivity index (χ1n) is 5.59. The fourth-order valence-electron chi connectivity index (χ4n) is 1.95. The Hall–Kier alpha value is -1.42. The monoisotopic (exact) mass is 290 g/mol. The van der Waals surface area contributed by atoms with Crippen LogP contribution in [0.4, 0.5) is 0 Å². The van der Waals surface area contributed by atoms with E-state index >= 15 is 0 Å². The minimum absolute atomic E-state index is 0.119. The lowest BCUT2D eigenvalue weighted by Gasteiger charge is -2.30. The maximum Gasteiger partial charge on any atom is 0.253 e. The highest BCUT2D eigenvalue weighted by Gasteiger charge is 2.21. The largest absolute Gasteiger partial charge is 0.339 e. The number of carbonyl (C=O) groups excluding carboxylic acids is 1. The molecule has 3 rings (SSSR count). The molecule has 1 saturated heterocycles. The lowest BCUT2D eigenvalue weighted by molar-refractivity contribution is 0.0652. The molecule has 0 spiro atoms. The lowest BCUT2D eigenvalue weighted by atomic mass is 10.1. The maximum atomic E-state index is 12.1.